The van der Waals surface area contributed by atoms with Crippen LogP contribution in [-0.2, 0) is 0 Å². The third-order valence-corrected chi connectivity index (χ3v) is 11.8. The number of fused-ring (bicyclic) bond motifs is 9. The minimum atomic E-state index is 0.867. The summed E-state index contributed by atoms with van der Waals surface area (Å²) in [6, 6.07) is 67.9. The first-order valence-corrected chi connectivity index (χ1v) is 18.8. The van der Waals surface area contributed by atoms with Crippen LogP contribution in [0.2, 0.25) is 0 Å². The van der Waals surface area contributed by atoms with E-state index in [1.54, 1.807) is 0 Å². The van der Waals surface area contributed by atoms with Crippen molar-refractivity contribution in [2.45, 2.75) is 0 Å². The number of hydrogen-bond donors (Lipinski definition) is 0. The molecule has 2 heterocycles. The molecule has 0 saturated heterocycles. The summed E-state index contributed by atoms with van der Waals surface area (Å²) in [5.74, 6) is 0. The maximum absolute atomic E-state index is 6.77. The standard InChI is InChI=1S/C50H31NOS/c1-2-11-32(12-3-1)33-21-24-36(25-22-33)51(45-18-10-20-49-50(45)43-17-8-9-19-48(43)53-49)37-26-28-42-41-27-23-35(30-46(41)52-47(42)31-37)44-29-34-13-4-5-14-38(34)39-15-6-7-16-40(39)44/h1-31H. The summed E-state index contributed by atoms with van der Waals surface area (Å²) in [5.41, 5.74) is 9.79. The molecule has 0 atom stereocenters. The van der Waals surface area contributed by atoms with E-state index in [0.717, 1.165) is 44.6 Å². The van der Waals surface area contributed by atoms with Crippen molar-refractivity contribution >= 4 is 92.1 Å². The van der Waals surface area contributed by atoms with Gasteiger partial charge in [0.25, 0.3) is 0 Å². The third-order valence-electron chi connectivity index (χ3n) is 10.6. The molecule has 9 aromatic carbocycles. The van der Waals surface area contributed by atoms with Gasteiger partial charge in [-0.05, 0) is 104 Å². The van der Waals surface area contributed by atoms with Crippen molar-refractivity contribution in [1.82, 2.24) is 0 Å². The van der Waals surface area contributed by atoms with Gasteiger partial charge < -0.3 is 9.32 Å². The molecular weight excluding hydrogens is 663 g/mol. The van der Waals surface area contributed by atoms with Crippen molar-refractivity contribution in [2.24, 2.45) is 0 Å². The smallest absolute Gasteiger partial charge is 0.137 e. The predicted molar refractivity (Wildman–Crippen MR) is 227 cm³/mol. The van der Waals surface area contributed by atoms with Gasteiger partial charge in [0.1, 0.15) is 11.2 Å². The van der Waals surface area contributed by atoms with Crippen LogP contribution >= 0.6 is 11.3 Å². The lowest BCUT2D eigenvalue weighted by Gasteiger charge is -2.26. The van der Waals surface area contributed by atoms with Crippen molar-refractivity contribution in [3.63, 3.8) is 0 Å². The lowest BCUT2D eigenvalue weighted by Crippen LogP contribution is -2.10. The van der Waals surface area contributed by atoms with Crippen LogP contribution in [0.3, 0.4) is 0 Å². The molecule has 0 radical (unpaired) electrons. The molecule has 2 nitrogen and oxygen atoms in total. The second kappa shape index (κ2) is 11.9. The SMILES string of the molecule is c1ccc(-c2ccc(N(c3ccc4c(c3)oc3cc(-c5cc6ccccc6c6ccccc56)ccc34)c3cccc4sc5ccccc5c34)cc2)cc1. The molecule has 2 aromatic heterocycles. The molecule has 0 aliphatic rings. The number of furan rings is 1. The van der Waals surface area contributed by atoms with Gasteiger partial charge in [-0.2, -0.15) is 0 Å². The highest BCUT2D eigenvalue weighted by atomic mass is 32.1. The third kappa shape index (κ3) is 4.86. The van der Waals surface area contributed by atoms with E-state index in [2.05, 4.69) is 193 Å². The van der Waals surface area contributed by atoms with Crippen LogP contribution < -0.4 is 4.90 Å². The number of hydrogen-bond acceptors (Lipinski definition) is 3. The number of nitrogens with zero attached hydrogens (tertiary/aromatic N) is 1. The average Bonchev–Trinajstić information content (AvgIpc) is 3.79. The molecule has 0 aliphatic carbocycles. The number of thiophene rings is 1. The Morgan fingerprint density at radius 3 is 1.85 bits per heavy atom. The van der Waals surface area contributed by atoms with E-state index < -0.39 is 0 Å². The van der Waals surface area contributed by atoms with Gasteiger partial charge in [0, 0.05) is 48.4 Å². The molecule has 11 rings (SSSR count). The highest BCUT2D eigenvalue weighted by Gasteiger charge is 2.20. The van der Waals surface area contributed by atoms with Crippen LogP contribution in [-0.4, -0.2) is 0 Å². The van der Waals surface area contributed by atoms with Crippen LogP contribution in [0.4, 0.5) is 17.1 Å². The maximum Gasteiger partial charge on any atom is 0.137 e. The molecule has 0 bridgehead atoms. The van der Waals surface area contributed by atoms with Crippen molar-refractivity contribution in [3.05, 3.63) is 188 Å². The molecule has 0 aliphatic heterocycles. The van der Waals surface area contributed by atoms with Crippen LogP contribution in [0, 0.1) is 0 Å². The molecule has 3 heteroatoms. The quantitative estimate of drug-likeness (QED) is 0.167. The summed E-state index contributed by atoms with van der Waals surface area (Å²) < 4.78 is 9.33. The van der Waals surface area contributed by atoms with Gasteiger partial charge in [-0.3, -0.25) is 0 Å². The van der Waals surface area contributed by atoms with E-state index in [-0.39, 0.29) is 0 Å². The Balaban J connectivity index is 1.08. The number of benzene rings is 9. The zero-order valence-electron chi connectivity index (χ0n) is 28.7. The molecule has 53 heavy (non-hydrogen) atoms. The van der Waals surface area contributed by atoms with E-state index >= 15 is 0 Å². The minimum absolute atomic E-state index is 0.867. The largest absolute Gasteiger partial charge is 0.456 e. The van der Waals surface area contributed by atoms with E-state index in [9.17, 15) is 0 Å². The Morgan fingerprint density at radius 1 is 0.377 bits per heavy atom. The predicted octanol–water partition coefficient (Wildman–Crippen LogP) is 15.1. The van der Waals surface area contributed by atoms with E-state index in [4.69, 9.17) is 4.42 Å². The Bertz CT molecular complexity index is 3170. The zero-order valence-corrected chi connectivity index (χ0v) is 29.5. The number of anilines is 3. The highest BCUT2D eigenvalue weighted by molar-refractivity contribution is 7.26. The molecule has 0 amide bonds. The summed E-state index contributed by atoms with van der Waals surface area (Å²) in [4.78, 5) is 2.38. The van der Waals surface area contributed by atoms with Crippen molar-refractivity contribution in [3.8, 4) is 22.3 Å². The van der Waals surface area contributed by atoms with Crippen molar-refractivity contribution in [1.29, 1.82) is 0 Å². The molecule has 0 fully saturated rings. The molecule has 11 aromatic rings. The molecule has 0 N–H and O–H groups in total. The molecular formula is C50H31NOS. The molecule has 248 valence electrons. The van der Waals surface area contributed by atoms with Gasteiger partial charge in [-0.25, -0.2) is 0 Å². The van der Waals surface area contributed by atoms with Crippen LogP contribution in [0.5, 0.6) is 0 Å². The maximum atomic E-state index is 6.77. The fourth-order valence-electron chi connectivity index (χ4n) is 8.17. The summed E-state index contributed by atoms with van der Waals surface area (Å²) in [5, 5.41) is 9.77. The summed E-state index contributed by atoms with van der Waals surface area (Å²) in [6.07, 6.45) is 0. The fourth-order valence-corrected chi connectivity index (χ4v) is 9.30. The Morgan fingerprint density at radius 2 is 1.00 bits per heavy atom. The van der Waals surface area contributed by atoms with E-state index in [1.807, 2.05) is 11.3 Å². The van der Waals surface area contributed by atoms with Gasteiger partial charge in [-0.15, -0.1) is 11.3 Å². The lowest BCUT2D eigenvalue weighted by molar-refractivity contribution is 0.669. The topological polar surface area (TPSA) is 16.4 Å². The Hall–Kier alpha value is -6.68. The monoisotopic (exact) mass is 693 g/mol. The first-order chi connectivity index (χ1) is 26.3. The van der Waals surface area contributed by atoms with E-state index in [0.29, 0.717) is 0 Å². The second-order valence-corrected chi connectivity index (χ2v) is 14.8. The Labute approximate surface area is 310 Å². The fraction of sp³-hybridized carbons (Fsp3) is 0. The van der Waals surface area contributed by atoms with Crippen LogP contribution in [0.1, 0.15) is 0 Å². The van der Waals surface area contributed by atoms with Gasteiger partial charge >= 0.3 is 0 Å². The molecule has 0 saturated carbocycles. The number of rotatable bonds is 5. The molecule has 0 unspecified atom stereocenters. The van der Waals surface area contributed by atoms with Gasteiger partial charge in [-0.1, -0.05) is 121 Å². The van der Waals surface area contributed by atoms with Crippen molar-refractivity contribution < 1.29 is 4.42 Å². The second-order valence-electron chi connectivity index (χ2n) is 13.7. The van der Waals surface area contributed by atoms with Crippen LogP contribution in [0.15, 0.2) is 192 Å². The minimum Gasteiger partial charge on any atom is -0.456 e. The normalized spacial score (nSPS) is 11.8. The Kier molecular flexibility index (Phi) is 6.76. The average molecular weight is 694 g/mol. The van der Waals surface area contributed by atoms with Crippen molar-refractivity contribution in [2.75, 3.05) is 4.90 Å². The van der Waals surface area contributed by atoms with Gasteiger partial charge in [0.05, 0.1) is 5.69 Å². The van der Waals surface area contributed by atoms with Gasteiger partial charge in [0.15, 0.2) is 0 Å². The van der Waals surface area contributed by atoms with Gasteiger partial charge in [0.2, 0.25) is 0 Å². The first kappa shape index (κ1) is 30.0. The summed E-state index contributed by atoms with van der Waals surface area (Å²) in [7, 11) is 0. The zero-order chi connectivity index (χ0) is 34.9. The first-order valence-electron chi connectivity index (χ1n) is 18.0. The molecule has 0 spiro atoms. The highest BCUT2D eigenvalue weighted by Crippen LogP contribution is 2.46. The van der Waals surface area contributed by atoms with Crippen LogP contribution in [0.25, 0.3) is 85.9 Å². The lowest BCUT2D eigenvalue weighted by atomic mass is 9.93. The summed E-state index contributed by atoms with van der Waals surface area (Å²) in [6.45, 7) is 0. The van der Waals surface area contributed by atoms with E-state index in [1.165, 1.54) is 58.4 Å². The summed E-state index contributed by atoms with van der Waals surface area (Å²) >= 11 is 1.84.